The van der Waals surface area contributed by atoms with Gasteiger partial charge in [-0.25, -0.2) is 0 Å². The molecule has 0 radical (unpaired) electrons. The maximum atomic E-state index is 2.41. The zero-order chi connectivity index (χ0) is 39.8. The van der Waals surface area contributed by atoms with Gasteiger partial charge in [-0.2, -0.15) is 0 Å². The van der Waals surface area contributed by atoms with Gasteiger partial charge in [-0.15, -0.1) is 11.3 Å². The van der Waals surface area contributed by atoms with E-state index in [-0.39, 0.29) is 0 Å². The van der Waals surface area contributed by atoms with Gasteiger partial charge in [0.2, 0.25) is 0 Å². The van der Waals surface area contributed by atoms with Gasteiger partial charge < -0.3 is 4.90 Å². The number of para-hydroxylation sites is 1. The number of nitrogens with zero attached hydrogens (tertiary/aromatic N) is 1. The van der Waals surface area contributed by atoms with Crippen molar-refractivity contribution in [2.45, 2.75) is 0 Å². The van der Waals surface area contributed by atoms with Crippen LogP contribution in [0.5, 0.6) is 0 Å². The SMILES string of the molecule is c1ccc(-c2cc(-c3ccccc3)cc(-c3ccc(N(c4ccc(-c5cccc6sc7ccccc7c56)cc4)c4ccccc4-c4ccc5ccccc5c4)cc3)c2)cc1. The maximum Gasteiger partial charge on any atom is 0.0540 e. The summed E-state index contributed by atoms with van der Waals surface area (Å²) < 4.78 is 2.63. The lowest BCUT2D eigenvalue weighted by Crippen LogP contribution is -2.11. The van der Waals surface area contributed by atoms with Crippen LogP contribution in [0.15, 0.2) is 237 Å². The summed E-state index contributed by atoms with van der Waals surface area (Å²) in [6, 6.07) is 86.2. The fourth-order valence-corrected chi connectivity index (χ4v) is 9.83. The number of benzene rings is 10. The summed E-state index contributed by atoms with van der Waals surface area (Å²) >= 11 is 1.86. The van der Waals surface area contributed by atoms with Crippen LogP contribution < -0.4 is 4.90 Å². The molecule has 0 saturated heterocycles. The molecule has 1 heterocycles. The van der Waals surface area contributed by atoms with Gasteiger partial charge in [0.15, 0.2) is 0 Å². The molecular formula is C58H39NS. The topological polar surface area (TPSA) is 3.24 Å². The van der Waals surface area contributed by atoms with Gasteiger partial charge in [0.05, 0.1) is 5.69 Å². The van der Waals surface area contributed by atoms with Crippen molar-refractivity contribution in [2.75, 3.05) is 4.90 Å². The van der Waals surface area contributed by atoms with Crippen LogP contribution in [0.25, 0.3) is 86.6 Å². The highest BCUT2D eigenvalue weighted by molar-refractivity contribution is 7.25. The first-order valence-corrected chi connectivity index (χ1v) is 21.3. The molecule has 0 fully saturated rings. The molecule has 0 aliphatic carbocycles. The van der Waals surface area contributed by atoms with E-state index in [1.54, 1.807) is 0 Å². The Morgan fingerprint density at radius 1 is 0.283 bits per heavy atom. The molecule has 0 aliphatic rings. The van der Waals surface area contributed by atoms with Crippen LogP contribution in [0.2, 0.25) is 0 Å². The number of rotatable bonds is 8. The molecule has 10 aromatic carbocycles. The molecule has 1 nitrogen and oxygen atoms in total. The van der Waals surface area contributed by atoms with E-state index in [9.17, 15) is 0 Å². The highest BCUT2D eigenvalue weighted by Crippen LogP contribution is 2.44. The lowest BCUT2D eigenvalue weighted by Gasteiger charge is -2.28. The fourth-order valence-electron chi connectivity index (χ4n) is 8.69. The second-order valence-electron chi connectivity index (χ2n) is 15.3. The van der Waals surface area contributed by atoms with E-state index in [2.05, 4.69) is 241 Å². The molecule has 0 unspecified atom stereocenters. The van der Waals surface area contributed by atoms with Crippen LogP contribution in [0.4, 0.5) is 17.1 Å². The lowest BCUT2D eigenvalue weighted by molar-refractivity contribution is 1.28. The Kier molecular flexibility index (Phi) is 9.11. The first-order valence-electron chi connectivity index (χ1n) is 20.5. The summed E-state index contributed by atoms with van der Waals surface area (Å²) in [4.78, 5) is 2.41. The van der Waals surface area contributed by atoms with Crippen molar-refractivity contribution < 1.29 is 0 Å². The standard InChI is InChI=1S/C58H39NS/c1-3-14-40(15-4-1)47-37-48(41-16-5-2-6-17-41)39-49(38-47)43-28-32-50(33-29-43)59(55-23-11-9-20-52(55)46-27-26-42-18-7-8-19-45(42)36-46)51-34-30-44(31-35-51)53-22-13-25-57-58(53)54-21-10-12-24-56(54)60-57/h1-39H. The Balaban J connectivity index is 1.04. The molecule has 0 spiro atoms. The van der Waals surface area contributed by atoms with Crippen molar-refractivity contribution in [3.05, 3.63) is 237 Å². The molecule has 0 saturated carbocycles. The summed E-state index contributed by atoms with van der Waals surface area (Å²) in [5.74, 6) is 0. The first-order chi connectivity index (χ1) is 29.7. The van der Waals surface area contributed by atoms with Crippen LogP contribution in [-0.2, 0) is 0 Å². The van der Waals surface area contributed by atoms with Crippen LogP contribution >= 0.6 is 11.3 Å². The van der Waals surface area contributed by atoms with Crippen molar-refractivity contribution in [1.82, 2.24) is 0 Å². The fraction of sp³-hybridized carbons (Fsp3) is 0. The molecule has 60 heavy (non-hydrogen) atoms. The maximum absolute atomic E-state index is 2.41. The van der Waals surface area contributed by atoms with Gasteiger partial charge in [-0.05, 0) is 128 Å². The highest BCUT2D eigenvalue weighted by atomic mass is 32.1. The molecule has 0 atom stereocenters. The molecule has 11 aromatic rings. The number of hydrogen-bond donors (Lipinski definition) is 0. The Hall–Kier alpha value is -7.52. The minimum Gasteiger partial charge on any atom is -0.310 e. The summed E-state index contributed by atoms with van der Waals surface area (Å²) in [5, 5.41) is 5.11. The zero-order valence-corrected chi connectivity index (χ0v) is 33.7. The highest BCUT2D eigenvalue weighted by Gasteiger charge is 2.19. The number of hydrogen-bond acceptors (Lipinski definition) is 2. The third-order valence-corrected chi connectivity index (χ3v) is 12.8. The van der Waals surface area contributed by atoms with Gasteiger partial charge in [-0.3, -0.25) is 0 Å². The summed E-state index contributed by atoms with van der Waals surface area (Å²) in [5.41, 5.74) is 15.3. The Morgan fingerprint density at radius 2 is 0.783 bits per heavy atom. The van der Waals surface area contributed by atoms with E-state index in [0.29, 0.717) is 0 Å². The predicted molar refractivity (Wildman–Crippen MR) is 259 cm³/mol. The second-order valence-corrected chi connectivity index (χ2v) is 16.4. The Bertz CT molecular complexity index is 3230. The van der Waals surface area contributed by atoms with Crippen molar-refractivity contribution in [3.63, 3.8) is 0 Å². The quantitative estimate of drug-likeness (QED) is 0.148. The lowest BCUT2D eigenvalue weighted by atomic mass is 9.93. The Labute approximate surface area is 354 Å². The molecule has 0 aliphatic heterocycles. The zero-order valence-electron chi connectivity index (χ0n) is 32.9. The van der Waals surface area contributed by atoms with Gasteiger partial charge in [-0.1, -0.05) is 170 Å². The Morgan fingerprint density at radius 3 is 1.47 bits per heavy atom. The van der Waals surface area contributed by atoms with Gasteiger partial charge in [0.1, 0.15) is 0 Å². The third kappa shape index (κ3) is 6.63. The molecule has 2 heteroatoms. The van der Waals surface area contributed by atoms with Crippen LogP contribution in [0.1, 0.15) is 0 Å². The molecule has 11 rings (SSSR count). The average molecular weight is 782 g/mol. The van der Waals surface area contributed by atoms with Crippen molar-refractivity contribution >= 4 is 59.3 Å². The van der Waals surface area contributed by atoms with E-state index < -0.39 is 0 Å². The normalized spacial score (nSPS) is 11.3. The van der Waals surface area contributed by atoms with Crippen molar-refractivity contribution in [3.8, 4) is 55.6 Å². The van der Waals surface area contributed by atoms with Crippen LogP contribution in [0.3, 0.4) is 0 Å². The molecular weight excluding hydrogens is 743 g/mol. The average Bonchev–Trinajstić information content (AvgIpc) is 3.72. The minimum atomic E-state index is 1.09. The van der Waals surface area contributed by atoms with Crippen molar-refractivity contribution in [2.24, 2.45) is 0 Å². The second kappa shape index (κ2) is 15.3. The van der Waals surface area contributed by atoms with E-state index >= 15 is 0 Å². The smallest absolute Gasteiger partial charge is 0.0540 e. The predicted octanol–water partition coefficient (Wildman–Crippen LogP) is 17.0. The largest absolute Gasteiger partial charge is 0.310 e. The molecule has 282 valence electrons. The number of thiophene rings is 1. The molecule has 0 amide bonds. The van der Waals surface area contributed by atoms with Gasteiger partial charge >= 0.3 is 0 Å². The first kappa shape index (κ1) is 35.6. The van der Waals surface area contributed by atoms with Crippen molar-refractivity contribution in [1.29, 1.82) is 0 Å². The van der Waals surface area contributed by atoms with Gasteiger partial charge in [0, 0.05) is 37.1 Å². The molecule has 0 bridgehead atoms. The minimum absolute atomic E-state index is 1.09. The summed E-state index contributed by atoms with van der Waals surface area (Å²) in [6.45, 7) is 0. The monoisotopic (exact) mass is 781 g/mol. The third-order valence-electron chi connectivity index (χ3n) is 11.7. The van der Waals surface area contributed by atoms with Crippen LogP contribution in [0, 0.1) is 0 Å². The molecule has 0 N–H and O–H groups in total. The summed E-state index contributed by atoms with van der Waals surface area (Å²) in [6.07, 6.45) is 0. The summed E-state index contributed by atoms with van der Waals surface area (Å²) in [7, 11) is 0. The number of fused-ring (bicyclic) bond motifs is 4. The van der Waals surface area contributed by atoms with Crippen LogP contribution in [-0.4, -0.2) is 0 Å². The van der Waals surface area contributed by atoms with Gasteiger partial charge in [0.25, 0.3) is 0 Å². The molecule has 1 aromatic heterocycles. The van der Waals surface area contributed by atoms with E-state index in [4.69, 9.17) is 0 Å². The van der Waals surface area contributed by atoms with E-state index in [0.717, 1.165) is 17.1 Å². The number of anilines is 3. The van der Waals surface area contributed by atoms with E-state index in [1.807, 2.05) is 11.3 Å². The van der Waals surface area contributed by atoms with E-state index in [1.165, 1.54) is 86.6 Å².